The van der Waals surface area contributed by atoms with Gasteiger partial charge in [0.05, 0.1) is 22.1 Å². The predicted molar refractivity (Wildman–Crippen MR) is 298 cm³/mol. The van der Waals surface area contributed by atoms with E-state index in [0.717, 1.165) is 111 Å². The fourth-order valence-corrected chi connectivity index (χ4v) is 11.8. The van der Waals surface area contributed by atoms with Crippen molar-refractivity contribution in [1.82, 2.24) is 9.13 Å². The summed E-state index contributed by atoms with van der Waals surface area (Å²) in [6.45, 7) is 2.18. The Balaban J connectivity index is 0.737. The lowest BCUT2D eigenvalue weighted by atomic mass is 9.94. The second-order valence-electron chi connectivity index (χ2n) is 19.3. The molecule has 5 heteroatoms. The van der Waals surface area contributed by atoms with E-state index in [4.69, 9.17) is 13.3 Å². The maximum atomic E-state index is 6.60. The summed E-state index contributed by atoms with van der Waals surface area (Å²) in [5.74, 6) is 0. The molecule has 336 valence electrons. The van der Waals surface area contributed by atoms with Gasteiger partial charge < -0.3 is 22.4 Å². The summed E-state index contributed by atoms with van der Waals surface area (Å²) >= 11 is 0. The topological polar surface area (TPSA) is 49.3 Å². The van der Waals surface area contributed by atoms with E-state index >= 15 is 0 Å². The number of para-hydroxylation sites is 4. The molecule has 16 aromatic rings. The Morgan fingerprint density at radius 2 is 0.611 bits per heavy atom. The van der Waals surface area contributed by atoms with Gasteiger partial charge >= 0.3 is 0 Å². The van der Waals surface area contributed by atoms with E-state index < -0.39 is 0 Å². The first kappa shape index (κ1) is 39.3. The lowest BCUT2D eigenvalue weighted by Crippen LogP contribution is -1.93. The minimum atomic E-state index is 0.839. The number of aromatic nitrogens is 2. The van der Waals surface area contributed by atoms with Gasteiger partial charge in [-0.2, -0.15) is 0 Å². The second-order valence-corrected chi connectivity index (χ2v) is 19.3. The summed E-state index contributed by atoms with van der Waals surface area (Å²) in [5, 5.41) is 11.4. The molecular formula is C67H40N2O3. The van der Waals surface area contributed by atoms with Crippen molar-refractivity contribution >= 4 is 109 Å². The fourth-order valence-electron chi connectivity index (χ4n) is 11.8. The van der Waals surface area contributed by atoms with E-state index in [1.807, 2.05) is 0 Å². The van der Waals surface area contributed by atoms with Gasteiger partial charge in [-0.05, 0) is 155 Å². The third-order valence-corrected chi connectivity index (χ3v) is 15.1. The number of fused-ring (bicyclic) bond motifs is 15. The van der Waals surface area contributed by atoms with E-state index in [-0.39, 0.29) is 0 Å². The van der Waals surface area contributed by atoms with Gasteiger partial charge in [0, 0.05) is 65.2 Å². The van der Waals surface area contributed by atoms with Crippen molar-refractivity contribution in [3.05, 3.63) is 230 Å². The average molecular weight is 921 g/mol. The summed E-state index contributed by atoms with van der Waals surface area (Å²) in [7, 11) is 0. The van der Waals surface area contributed by atoms with Crippen LogP contribution >= 0.6 is 0 Å². The predicted octanol–water partition coefficient (Wildman–Crippen LogP) is 18.9. The molecule has 5 nitrogen and oxygen atoms in total. The summed E-state index contributed by atoms with van der Waals surface area (Å²) < 4.78 is 24.5. The van der Waals surface area contributed by atoms with Crippen molar-refractivity contribution in [3.63, 3.8) is 0 Å². The van der Waals surface area contributed by atoms with E-state index in [1.165, 1.54) is 49.2 Å². The molecule has 0 aliphatic rings. The van der Waals surface area contributed by atoms with Crippen LogP contribution in [0.2, 0.25) is 0 Å². The van der Waals surface area contributed by atoms with Crippen molar-refractivity contribution in [3.8, 4) is 44.8 Å². The number of rotatable bonds is 5. The summed E-state index contributed by atoms with van der Waals surface area (Å²) in [6, 6.07) is 80.7. The zero-order valence-electron chi connectivity index (χ0n) is 39.0. The number of aryl methyl sites for hydroxylation is 1. The number of benzene rings is 11. The molecule has 5 heterocycles. The van der Waals surface area contributed by atoms with Crippen LogP contribution in [0.4, 0.5) is 0 Å². The molecule has 0 atom stereocenters. The minimum Gasteiger partial charge on any atom is -0.456 e. The van der Waals surface area contributed by atoms with Crippen LogP contribution in [0.5, 0.6) is 0 Å². The van der Waals surface area contributed by atoms with Crippen molar-refractivity contribution in [1.29, 1.82) is 0 Å². The van der Waals surface area contributed by atoms with Gasteiger partial charge in [0.25, 0.3) is 0 Å². The van der Waals surface area contributed by atoms with Crippen LogP contribution in [0.3, 0.4) is 0 Å². The highest BCUT2D eigenvalue weighted by atomic mass is 16.3. The number of hydrogen-bond acceptors (Lipinski definition) is 3. The van der Waals surface area contributed by atoms with Crippen LogP contribution < -0.4 is 0 Å². The maximum Gasteiger partial charge on any atom is 0.136 e. The molecule has 0 aliphatic carbocycles. The van der Waals surface area contributed by atoms with Gasteiger partial charge in [-0.1, -0.05) is 115 Å². The summed E-state index contributed by atoms with van der Waals surface area (Å²) in [4.78, 5) is 0. The molecule has 0 radical (unpaired) electrons. The zero-order valence-corrected chi connectivity index (χ0v) is 39.0. The van der Waals surface area contributed by atoms with Gasteiger partial charge in [-0.3, -0.25) is 0 Å². The molecule has 72 heavy (non-hydrogen) atoms. The maximum absolute atomic E-state index is 6.60. The van der Waals surface area contributed by atoms with Crippen molar-refractivity contribution in [2.45, 2.75) is 6.92 Å². The van der Waals surface area contributed by atoms with Gasteiger partial charge in [0.1, 0.15) is 33.5 Å². The van der Waals surface area contributed by atoms with Crippen LogP contribution in [0.25, 0.3) is 154 Å². The first-order chi connectivity index (χ1) is 35.5. The van der Waals surface area contributed by atoms with Crippen molar-refractivity contribution in [2.24, 2.45) is 0 Å². The van der Waals surface area contributed by atoms with E-state index in [1.54, 1.807) is 0 Å². The van der Waals surface area contributed by atoms with Crippen molar-refractivity contribution in [2.75, 3.05) is 0 Å². The standard InChI is InChI=1S/C67H40N2O3/c1-39-29-44(41-12-10-11-40(31-41)43-21-25-52-54-35-46(23-27-63(54)70-65(52)34-43)68-58-17-6-2-13-48(58)49-14-3-7-18-59(49)68)32-45(30-39)42-22-26-62-53(33-42)56-37-67-57(38-66(56)71-62)55-36-47(24-28-64(55)72-67)69-60-19-8-4-15-50(60)51-16-5-9-20-61(51)69/h2-38H,1H3. The molecule has 16 rings (SSSR count). The van der Waals surface area contributed by atoms with E-state index in [0.29, 0.717) is 0 Å². The lowest BCUT2D eigenvalue weighted by molar-refractivity contribution is 0.664. The Bertz CT molecular complexity index is 4850. The molecule has 0 bridgehead atoms. The molecule has 0 fully saturated rings. The van der Waals surface area contributed by atoms with Crippen LogP contribution in [-0.4, -0.2) is 9.13 Å². The Kier molecular flexibility index (Phi) is 8.03. The lowest BCUT2D eigenvalue weighted by Gasteiger charge is -2.11. The SMILES string of the molecule is Cc1cc(-c2cccc(-c3ccc4c(c3)oc3ccc(-n5c6ccccc6c6ccccc65)cc34)c2)cc(-c2ccc3oc4cc5c(cc4c3c2)oc2ccc(-n3c4ccccc4c4ccccc43)cc25)c1. The highest BCUT2D eigenvalue weighted by molar-refractivity contribution is 6.17. The molecule has 5 aromatic heterocycles. The van der Waals surface area contributed by atoms with Gasteiger partial charge in [-0.15, -0.1) is 0 Å². The molecule has 0 unspecified atom stereocenters. The Morgan fingerprint density at radius 1 is 0.236 bits per heavy atom. The Morgan fingerprint density at radius 3 is 1.14 bits per heavy atom. The number of nitrogens with zero attached hydrogens (tertiary/aromatic N) is 2. The van der Waals surface area contributed by atoms with Crippen LogP contribution in [0.15, 0.2) is 238 Å². The smallest absolute Gasteiger partial charge is 0.136 e. The fraction of sp³-hybridized carbons (Fsp3) is 0.0149. The Labute approximate surface area is 411 Å². The molecule has 0 aliphatic heterocycles. The van der Waals surface area contributed by atoms with Crippen LogP contribution in [0.1, 0.15) is 5.56 Å². The highest BCUT2D eigenvalue weighted by Gasteiger charge is 2.19. The third kappa shape index (κ3) is 5.76. The molecule has 0 N–H and O–H groups in total. The first-order valence-electron chi connectivity index (χ1n) is 24.5. The zero-order chi connectivity index (χ0) is 47.2. The average Bonchev–Trinajstić information content (AvgIpc) is 4.24. The molecule has 0 spiro atoms. The number of hydrogen-bond donors (Lipinski definition) is 0. The van der Waals surface area contributed by atoms with Crippen molar-refractivity contribution < 1.29 is 13.3 Å². The normalized spacial score (nSPS) is 12.2. The number of furan rings is 3. The quantitative estimate of drug-likeness (QED) is 0.173. The van der Waals surface area contributed by atoms with Gasteiger partial charge in [0.2, 0.25) is 0 Å². The molecular weight excluding hydrogens is 881 g/mol. The van der Waals surface area contributed by atoms with E-state index in [9.17, 15) is 0 Å². The van der Waals surface area contributed by atoms with Crippen LogP contribution in [0, 0.1) is 6.92 Å². The molecule has 0 saturated heterocycles. The van der Waals surface area contributed by atoms with Crippen LogP contribution in [-0.2, 0) is 0 Å². The summed E-state index contributed by atoms with van der Waals surface area (Å²) in [5.41, 5.74) is 20.1. The summed E-state index contributed by atoms with van der Waals surface area (Å²) in [6.07, 6.45) is 0. The largest absolute Gasteiger partial charge is 0.456 e. The Hall–Kier alpha value is -9.58. The minimum absolute atomic E-state index is 0.839. The molecule has 0 saturated carbocycles. The second kappa shape index (κ2) is 14.7. The van der Waals surface area contributed by atoms with E-state index in [2.05, 4.69) is 241 Å². The highest BCUT2D eigenvalue weighted by Crippen LogP contribution is 2.42. The van der Waals surface area contributed by atoms with Gasteiger partial charge in [0.15, 0.2) is 0 Å². The molecule has 0 amide bonds. The molecule has 11 aromatic carbocycles. The monoisotopic (exact) mass is 920 g/mol. The van der Waals surface area contributed by atoms with Gasteiger partial charge in [-0.25, -0.2) is 0 Å². The first-order valence-corrected chi connectivity index (χ1v) is 24.5. The third-order valence-electron chi connectivity index (χ3n) is 15.1.